The standard InChI is InChI=1S/C9H19N7O4/c1-6(17)11-3-13-8(19)15-5-16-9(20)14-4-12-7(18)10-2/h3-5H2,1-2H3,(H,11,17)(H2,10,12,18)(H2,13,15,19)(H2,14,16,20). The molecular formula is C9H19N7O4. The Kier molecular flexibility index (Phi) is 8.83. The van der Waals surface area contributed by atoms with Gasteiger partial charge in [0.15, 0.2) is 0 Å². The van der Waals surface area contributed by atoms with Crippen molar-refractivity contribution in [3.63, 3.8) is 0 Å². The van der Waals surface area contributed by atoms with E-state index in [9.17, 15) is 19.2 Å². The van der Waals surface area contributed by atoms with Crippen LogP contribution in [0.1, 0.15) is 6.92 Å². The third-order valence-corrected chi connectivity index (χ3v) is 1.81. The van der Waals surface area contributed by atoms with Crippen LogP contribution in [0.3, 0.4) is 0 Å². The fraction of sp³-hybridized carbons (Fsp3) is 0.556. The molecule has 0 atom stereocenters. The molecule has 0 aliphatic heterocycles. The van der Waals surface area contributed by atoms with Crippen molar-refractivity contribution in [2.24, 2.45) is 0 Å². The van der Waals surface area contributed by atoms with Crippen LogP contribution < -0.4 is 37.2 Å². The fourth-order valence-corrected chi connectivity index (χ4v) is 0.872. The Hall–Kier alpha value is -2.72. The SMILES string of the molecule is CNC(=O)NCNC(=O)NCNC(=O)NCNC(C)=O. The van der Waals surface area contributed by atoms with E-state index in [2.05, 4.69) is 37.2 Å². The number of amides is 7. The highest BCUT2D eigenvalue weighted by molar-refractivity contribution is 5.78. The predicted octanol–water partition coefficient (Wildman–Crippen LogP) is -2.48. The van der Waals surface area contributed by atoms with Gasteiger partial charge in [-0.2, -0.15) is 0 Å². The predicted molar refractivity (Wildman–Crippen MR) is 69.3 cm³/mol. The van der Waals surface area contributed by atoms with Crippen LogP contribution in [0.25, 0.3) is 0 Å². The van der Waals surface area contributed by atoms with Gasteiger partial charge in [0.1, 0.15) is 0 Å². The number of urea groups is 3. The van der Waals surface area contributed by atoms with E-state index in [-0.39, 0.29) is 25.9 Å². The Bertz CT molecular complexity index is 360. The van der Waals surface area contributed by atoms with Crippen molar-refractivity contribution in [2.75, 3.05) is 27.1 Å². The first-order valence-electron chi connectivity index (χ1n) is 5.69. The first-order valence-corrected chi connectivity index (χ1v) is 5.69. The second-order valence-electron chi connectivity index (χ2n) is 3.38. The van der Waals surface area contributed by atoms with Gasteiger partial charge in [-0.3, -0.25) is 4.79 Å². The molecule has 0 aromatic carbocycles. The molecule has 0 spiro atoms. The van der Waals surface area contributed by atoms with Gasteiger partial charge in [0.25, 0.3) is 0 Å². The van der Waals surface area contributed by atoms with Crippen molar-refractivity contribution in [1.82, 2.24) is 37.2 Å². The highest BCUT2D eigenvalue weighted by Crippen LogP contribution is 1.66. The van der Waals surface area contributed by atoms with E-state index in [0.29, 0.717) is 0 Å². The van der Waals surface area contributed by atoms with Crippen LogP contribution in [0, 0.1) is 0 Å². The summed E-state index contributed by atoms with van der Waals surface area (Å²) in [5.41, 5.74) is 0. The monoisotopic (exact) mass is 289 g/mol. The summed E-state index contributed by atoms with van der Waals surface area (Å²) >= 11 is 0. The molecule has 20 heavy (non-hydrogen) atoms. The van der Waals surface area contributed by atoms with Gasteiger partial charge in [-0.1, -0.05) is 0 Å². The maximum atomic E-state index is 11.2. The van der Waals surface area contributed by atoms with Gasteiger partial charge >= 0.3 is 18.1 Å². The van der Waals surface area contributed by atoms with E-state index in [0.717, 1.165) is 0 Å². The molecule has 7 amide bonds. The number of carbonyl (C=O) groups excluding carboxylic acids is 4. The Morgan fingerprint density at radius 1 is 0.650 bits per heavy atom. The third kappa shape index (κ3) is 10.4. The number of hydrogen-bond donors (Lipinski definition) is 7. The van der Waals surface area contributed by atoms with E-state index in [1.807, 2.05) is 0 Å². The van der Waals surface area contributed by atoms with Crippen LogP contribution in [0.5, 0.6) is 0 Å². The minimum atomic E-state index is -0.566. The summed E-state index contributed by atoms with van der Waals surface area (Å²) < 4.78 is 0. The molecule has 0 heterocycles. The molecule has 0 fully saturated rings. The van der Waals surface area contributed by atoms with E-state index in [4.69, 9.17) is 0 Å². The van der Waals surface area contributed by atoms with Gasteiger partial charge < -0.3 is 37.2 Å². The maximum absolute atomic E-state index is 11.2. The van der Waals surface area contributed by atoms with Crippen molar-refractivity contribution < 1.29 is 19.2 Å². The van der Waals surface area contributed by atoms with Crippen molar-refractivity contribution >= 4 is 24.0 Å². The van der Waals surface area contributed by atoms with Crippen LogP contribution in [-0.4, -0.2) is 51.1 Å². The zero-order valence-electron chi connectivity index (χ0n) is 11.3. The van der Waals surface area contributed by atoms with Crippen molar-refractivity contribution in [2.45, 2.75) is 6.92 Å². The van der Waals surface area contributed by atoms with E-state index >= 15 is 0 Å². The summed E-state index contributed by atoms with van der Waals surface area (Å²) in [4.78, 5) is 43.6. The van der Waals surface area contributed by atoms with Crippen molar-refractivity contribution in [3.8, 4) is 0 Å². The molecule has 0 radical (unpaired) electrons. The Labute approximate surface area is 115 Å². The molecule has 0 saturated heterocycles. The van der Waals surface area contributed by atoms with E-state index in [1.54, 1.807) is 0 Å². The molecule has 0 aromatic heterocycles. The molecule has 0 rings (SSSR count). The van der Waals surface area contributed by atoms with Gasteiger partial charge in [-0.15, -0.1) is 0 Å². The molecule has 0 aliphatic carbocycles. The van der Waals surface area contributed by atoms with Gasteiger partial charge in [0.05, 0.1) is 20.0 Å². The highest BCUT2D eigenvalue weighted by Gasteiger charge is 2.02. The lowest BCUT2D eigenvalue weighted by Crippen LogP contribution is -2.49. The molecule has 0 aliphatic rings. The first-order chi connectivity index (χ1) is 9.45. The lowest BCUT2D eigenvalue weighted by Gasteiger charge is -2.10. The summed E-state index contributed by atoms with van der Waals surface area (Å²) in [5.74, 6) is -0.272. The van der Waals surface area contributed by atoms with E-state index in [1.165, 1.54) is 14.0 Å². The molecule has 0 bridgehead atoms. The topological polar surface area (TPSA) is 152 Å². The molecule has 0 unspecified atom stereocenters. The average Bonchev–Trinajstić information content (AvgIpc) is 2.38. The van der Waals surface area contributed by atoms with E-state index < -0.39 is 18.1 Å². The second kappa shape index (κ2) is 10.2. The number of hydrogen-bond acceptors (Lipinski definition) is 4. The third-order valence-electron chi connectivity index (χ3n) is 1.81. The van der Waals surface area contributed by atoms with Crippen LogP contribution in [0.15, 0.2) is 0 Å². The summed E-state index contributed by atoms with van der Waals surface area (Å²) in [5, 5.41) is 16.3. The molecule has 0 aromatic rings. The van der Waals surface area contributed by atoms with Crippen LogP contribution in [0.4, 0.5) is 14.4 Å². The van der Waals surface area contributed by atoms with Gasteiger partial charge in [-0.25, -0.2) is 14.4 Å². The zero-order chi connectivity index (χ0) is 15.4. The number of rotatable bonds is 6. The normalized spacial score (nSPS) is 8.90. The average molecular weight is 289 g/mol. The summed E-state index contributed by atoms with van der Waals surface area (Å²) in [6.45, 7) is 1.14. The zero-order valence-corrected chi connectivity index (χ0v) is 11.3. The maximum Gasteiger partial charge on any atom is 0.317 e. The molecule has 0 saturated carbocycles. The van der Waals surface area contributed by atoms with Gasteiger partial charge in [-0.05, 0) is 0 Å². The molecule has 11 heteroatoms. The minimum Gasteiger partial charge on any atom is -0.341 e. The number of nitrogens with one attached hydrogen (secondary N) is 7. The molecule has 7 N–H and O–H groups in total. The molecular weight excluding hydrogens is 270 g/mol. The van der Waals surface area contributed by atoms with Gasteiger partial charge in [0.2, 0.25) is 5.91 Å². The Morgan fingerprint density at radius 2 is 1.00 bits per heavy atom. The van der Waals surface area contributed by atoms with Gasteiger partial charge in [0, 0.05) is 14.0 Å². The first kappa shape index (κ1) is 17.3. The summed E-state index contributed by atoms with van der Waals surface area (Å²) in [7, 11) is 1.44. The lowest BCUT2D eigenvalue weighted by molar-refractivity contribution is -0.118. The smallest absolute Gasteiger partial charge is 0.317 e. The van der Waals surface area contributed by atoms with Crippen LogP contribution >= 0.6 is 0 Å². The summed E-state index contributed by atoms with van der Waals surface area (Å²) in [6, 6.07) is -1.55. The fourth-order valence-electron chi connectivity index (χ4n) is 0.872. The molecule has 114 valence electrons. The Morgan fingerprint density at radius 3 is 1.35 bits per heavy atom. The van der Waals surface area contributed by atoms with Crippen molar-refractivity contribution in [1.29, 1.82) is 0 Å². The van der Waals surface area contributed by atoms with Crippen LogP contribution in [0.2, 0.25) is 0 Å². The summed E-state index contributed by atoms with van der Waals surface area (Å²) in [6.07, 6.45) is 0. The second-order valence-corrected chi connectivity index (χ2v) is 3.38. The number of carbonyl (C=O) groups is 4. The minimum absolute atomic E-state index is 0.0105. The van der Waals surface area contributed by atoms with Crippen molar-refractivity contribution in [3.05, 3.63) is 0 Å². The Balaban J connectivity index is 3.53. The van der Waals surface area contributed by atoms with Crippen LogP contribution in [-0.2, 0) is 4.79 Å². The largest absolute Gasteiger partial charge is 0.341 e. The highest BCUT2D eigenvalue weighted by atomic mass is 16.2. The quantitative estimate of drug-likeness (QED) is 0.271. The molecule has 11 nitrogen and oxygen atoms in total. The lowest BCUT2D eigenvalue weighted by atomic mass is 10.7.